The molecule has 1 saturated carbocycles. The molecule has 2 atom stereocenters. The van der Waals surface area contributed by atoms with Crippen LogP contribution in [0.1, 0.15) is 33.1 Å². The third kappa shape index (κ3) is 2.25. The summed E-state index contributed by atoms with van der Waals surface area (Å²) in [6.45, 7) is 4.91. The molecule has 0 aromatic carbocycles. The van der Waals surface area contributed by atoms with E-state index in [1.54, 1.807) is 5.48 Å². The Balaban J connectivity index is 2.64. The second-order valence-corrected chi connectivity index (χ2v) is 4.78. The quantitative estimate of drug-likeness (QED) is 0.468. The van der Waals surface area contributed by atoms with Crippen molar-refractivity contribution in [2.45, 2.75) is 33.1 Å². The normalized spacial score (nSPS) is 30.3. The van der Waals surface area contributed by atoms with Crippen molar-refractivity contribution in [3.63, 3.8) is 0 Å². The van der Waals surface area contributed by atoms with Crippen molar-refractivity contribution < 1.29 is 10.0 Å². The van der Waals surface area contributed by atoms with Gasteiger partial charge in [-0.25, -0.2) is 5.48 Å². The number of carbonyl (C=O) groups is 1. The number of carbonyl (C=O) groups excluding carboxylic acids is 1. The molecule has 82 valence electrons. The smallest absolute Gasteiger partial charge is 0.243 e. The van der Waals surface area contributed by atoms with Crippen molar-refractivity contribution in [1.82, 2.24) is 5.48 Å². The van der Waals surface area contributed by atoms with Gasteiger partial charge in [-0.05, 0) is 36.6 Å². The first-order valence-corrected chi connectivity index (χ1v) is 5.16. The highest BCUT2D eigenvalue weighted by Gasteiger charge is 2.41. The fourth-order valence-corrected chi connectivity index (χ4v) is 2.62. The lowest BCUT2D eigenvalue weighted by Gasteiger charge is -2.26. The van der Waals surface area contributed by atoms with Gasteiger partial charge in [0.25, 0.3) is 0 Å². The summed E-state index contributed by atoms with van der Waals surface area (Å²) in [4.78, 5) is 11.1. The largest absolute Gasteiger partial charge is 0.330 e. The second kappa shape index (κ2) is 4.28. The topological polar surface area (TPSA) is 75.4 Å². The maximum atomic E-state index is 11.1. The van der Waals surface area contributed by atoms with Gasteiger partial charge in [-0.1, -0.05) is 13.8 Å². The van der Waals surface area contributed by atoms with Crippen LogP contribution < -0.4 is 11.2 Å². The fourth-order valence-electron chi connectivity index (χ4n) is 2.62. The Morgan fingerprint density at radius 1 is 1.50 bits per heavy atom. The van der Waals surface area contributed by atoms with E-state index >= 15 is 0 Å². The Morgan fingerprint density at radius 3 is 2.36 bits per heavy atom. The van der Waals surface area contributed by atoms with E-state index in [1.165, 1.54) is 0 Å². The van der Waals surface area contributed by atoms with E-state index in [9.17, 15) is 4.79 Å². The van der Waals surface area contributed by atoms with E-state index in [0.29, 0.717) is 24.8 Å². The highest BCUT2D eigenvalue weighted by Crippen LogP contribution is 2.46. The Morgan fingerprint density at radius 2 is 2.00 bits per heavy atom. The molecule has 0 heterocycles. The number of amides is 1. The third-order valence-electron chi connectivity index (χ3n) is 3.57. The molecule has 0 spiro atoms. The summed E-state index contributed by atoms with van der Waals surface area (Å²) < 4.78 is 0. The monoisotopic (exact) mass is 200 g/mol. The average Bonchev–Trinajstić information content (AvgIpc) is 2.43. The molecule has 1 aliphatic carbocycles. The van der Waals surface area contributed by atoms with Gasteiger partial charge in [-0.2, -0.15) is 0 Å². The summed E-state index contributed by atoms with van der Waals surface area (Å²) >= 11 is 0. The maximum Gasteiger partial charge on any atom is 0.243 e. The van der Waals surface area contributed by atoms with Gasteiger partial charge in [-0.15, -0.1) is 0 Å². The van der Waals surface area contributed by atoms with Gasteiger partial charge >= 0.3 is 0 Å². The number of hydrogen-bond acceptors (Lipinski definition) is 3. The summed E-state index contributed by atoms with van der Waals surface area (Å²) in [5, 5.41) is 8.50. The van der Waals surface area contributed by atoms with E-state index in [2.05, 4.69) is 13.8 Å². The predicted octanol–water partition coefficient (Wildman–Crippen LogP) is 0.893. The van der Waals surface area contributed by atoms with Crippen LogP contribution in [0, 0.1) is 17.3 Å². The number of hydroxylamine groups is 1. The first-order chi connectivity index (χ1) is 6.53. The zero-order valence-electron chi connectivity index (χ0n) is 8.92. The van der Waals surface area contributed by atoms with Crippen LogP contribution in [0.3, 0.4) is 0 Å². The maximum absolute atomic E-state index is 11.1. The van der Waals surface area contributed by atoms with Gasteiger partial charge in [0.05, 0.1) is 0 Å². The lowest BCUT2D eigenvalue weighted by atomic mass is 9.81. The van der Waals surface area contributed by atoms with E-state index in [-0.39, 0.29) is 11.3 Å². The molecule has 0 saturated heterocycles. The Bertz CT molecular complexity index is 208. The van der Waals surface area contributed by atoms with Crippen molar-refractivity contribution in [2.24, 2.45) is 23.0 Å². The van der Waals surface area contributed by atoms with Crippen molar-refractivity contribution in [3.05, 3.63) is 0 Å². The van der Waals surface area contributed by atoms with Crippen LogP contribution in [-0.4, -0.2) is 17.7 Å². The Hall–Kier alpha value is -0.610. The first kappa shape index (κ1) is 11.5. The second-order valence-electron chi connectivity index (χ2n) is 4.78. The van der Waals surface area contributed by atoms with Crippen LogP contribution in [0.25, 0.3) is 0 Å². The zero-order chi connectivity index (χ0) is 10.8. The minimum atomic E-state index is -0.322. The van der Waals surface area contributed by atoms with E-state index in [1.807, 2.05) is 0 Å². The zero-order valence-corrected chi connectivity index (χ0v) is 8.92. The molecule has 0 radical (unpaired) electrons. The van der Waals surface area contributed by atoms with Crippen LogP contribution in [0.4, 0.5) is 0 Å². The Labute approximate surface area is 84.8 Å². The number of rotatable bonds is 3. The van der Waals surface area contributed by atoms with E-state index < -0.39 is 0 Å². The molecular formula is C10H20N2O2. The minimum Gasteiger partial charge on any atom is -0.330 e. The lowest BCUT2D eigenvalue weighted by molar-refractivity contribution is -0.131. The molecule has 1 aliphatic rings. The number of hydrogen-bond donors (Lipinski definition) is 3. The summed E-state index contributed by atoms with van der Waals surface area (Å²) in [6.07, 6.45) is 2.31. The molecule has 1 rings (SSSR count). The molecule has 4 heteroatoms. The highest BCUT2D eigenvalue weighted by atomic mass is 16.5. The van der Waals surface area contributed by atoms with Crippen molar-refractivity contribution in [1.29, 1.82) is 0 Å². The standard InChI is InChI=1S/C10H20N2O2/c1-7-3-10(6-11,4-8(7)2)5-9(13)12-14/h7-8,14H,3-6,11H2,1-2H3,(H,12,13)/t7-,8-/m1/s1. The van der Waals surface area contributed by atoms with E-state index in [4.69, 9.17) is 10.9 Å². The van der Waals surface area contributed by atoms with Gasteiger partial charge in [0, 0.05) is 6.42 Å². The van der Waals surface area contributed by atoms with Crippen molar-refractivity contribution in [2.75, 3.05) is 6.54 Å². The molecule has 0 aromatic rings. The van der Waals surface area contributed by atoms with Gasteiger partial charge < -0.3 is 5.73 Å². The predicted molar refractivity (Wildman–Crippen MR) is 53.6 cm³/mol. The molecule has 1 amide bonds. The van der Waals surface area contributed by atoms with Crippen LogP contribution in [0.15, 0.2) is 0 Å². The van der Waals surface area contributed by atoms with Gasteiger partial charge in [-0.3, -0.25) is 10.0 Å². The van der Waals surface area contributed by atoms with Crippen LogP contribution in [0.2, 0.25) is 0 Å². The average molecular weight is 200 g/mol. The number of nitrogens with one attached hydrogen (secondary N) is 1. The molecule has 0 unspecified atom stereocenters. The third-order valence-corrected chi connectivity index (χ3v) is 3.57. The molecule has 0 aromatic heterocycles. The minimum absolute atomic E-state index is 0.0916. The summed E-state index contributed by atoms with van der Waals surface area (Å²) in [5.41, 5.74) is 7.33. The fraction of sp³-hybridized carbons (Fsp3) is 0.900. The molecule has 0 aliphatic heterocycles. The SMILES string of the molecule is C[C@@H]1CC(CN)(CC(=O)NO)C[C@H]1C. The summed E-state index contributed by atoms with van der Waals surface area (Å²) in [6, 6.07) is 0. The Kier molecular flexibility index (Phi) is 3.50. The van der Waals surface area contributed by atoms with Gasteiger partial charge in [0.2, 0.25) is 5.91 Å². The molecule has 0 bridgehead atoms. The van der Waals surface area contributed by atoms with Gasteiger partial charge in [0.1, 0.15) is 0 Å². The van der Waals surface area contributed by atoms with Crippen LogP contribution >= 0.6 is 0 Å². The molecular weight excluding hydrogens is 180 g/mol. The first-order valence-electron chi connectivity index (χ1n) is 5.16. The highest BCUT2D eigenvalue weighted by molar-refractivity contribution is 5.75. The van der Waals surface area contributed by atoms with Crippen molar-refractivity contribution in [3.8, 4) is 0 Å². The summed E-state index contributed by atoms with van der Waals surface area (Å²) in [7, 11) is 0. The van der Waals surface area contributed by atoms with E-state index in [0.717, 1.165) is 12.8 Å². The lowest BCUT2D eigenvalue weighted by Crippen LogP contribution is -2.34. The van der Waals surface area contributed by atoms with Crippen molar-refractivity contribution >= 4 is 5.91 Å². The molecule has 1 fully saturated rings. The van der Waals surface area contributed by atoms with Gasteiger partial charge in [0.15, 0.2) is 0 Å². The summed E-state index contributed by atoms with van der Waals surface area (Å²) in [5.74, 6) is 0.909. The van der Waals surface area contributed by atoms with Crippen LogP contribution in [-0.2, 0) is 4.79 Å². The van der Waals surface area contributed by atoms with Crippen LogP contribution in [0.5, 0.6) is 0 Å². The molecule has 4 nitrogen and oxygen atoms in total. The molecule has 4 N–H and O–H groups in total. The number of nitrogens with two attached hydrogens (primary N) is 1. The molecule has 14 heavy (non-hydrogen) atoms.